The maximum atomic E-state index is 14.0. The third-order valence-corrected chi connectivity index (χ3v) is 10.7. The van der Waals surface area contributed by atoms with E-state index in [0.29, 0.717) is 31.7 Å². The summed E-state index contributed by atoms with van der Waals surface area (Å²) >= 11 is 0. The van der Waals surface area contributed by atoms with Crippen LogP contribution in [0.25, 0.3) is 32.8 Å². The van der Waals surface area contributed by atoms with Gasteiger partial charge in [-0.25, -0.2) is 13.6 Å². The summed E-state index contributed by atoms with van der Waals surface area (Å²) in [5.74, 6) is -3.75. The molecule has 3 heterocycles. The third kappa shape index (κ3) is 7.61. The summed E-state index contributed by atoms with van der Waals surface area (Å²) in [6.07, 6.45) is 6.05. The predicted molar refractivity (Wildman–Crippen MR) is 192 cm³/mol. The first kappa shape index (κ1) is 35.7. The first-order valence-electron chi connectivity index (χ1n) is 17.8. The van der Waals surface area contributed by atoms with Crippen LogP contribution in [0, 0.1) is 5.41 Å². The van der Waals surface area contributed by atoms with Gasteiger partial charge < -0.3 is 14.9 Å². The summed E-state index contributed by atoms with van der Waals surface area (Å²) in [5.41, 5.74) is 3.71. The van der Waals surface area contributed by atoms with Crippen LogP contribution < -0.4 is 9.84 Å². The number of likely N-dealkylation sites (tertiary alicyclic amines) is 2. The van der Waals surface area contributed by atoms with E-state index in [1.807, 2.05) is 48.7 Å². The molecule has 2 saturated heterocycles. The molecule has 266 valence electrons. The van der Waals surface area contributed by atoms with E-state index in [1.54, 1.807) is 18.9 Å². The number of pyridine rings is 1. The number of hydrogen-bond acceptors (Lipinski definition) is 7. The second-order valence-electron chi connectivity index (χ2n) is 14.2. The summed E-state index contributed by atoms with van der Waals surface area (Å²) in [6.45, 7) is 6.59. The molecule has 3 aromatic carbocycles. The topological polar surface area (TPSA) is 101 Å². The number of halogens is 2. The van der Waals surface area contributed by atoms with E-state index in [4.69, 9.17) is 9.72 Å². The van der Waals surface area contributed by atoms with Crippen LogP contribution in [0.15, 0.2) is 65.8 Å². The lowest BCUT2D eigenvalue weighted by atomic mass is 9.80. The maximum absolute atomic E-state index is 14.0. The van der Waals surface area contributed by atoms with E-state index in [-0.39, 0.29) is 19.4 Å². The number of ether oxygens (including phenoxy) is 1. The molecule has 10 heteroatoms. The van der Waals surface area contributed by atoms with Gasteiger partial charge >= 0.3 is 5.97 Å². The highest BCUT2D eigenvalue weighted by molar-refractivity contribution is 6.07. The standard InChI is InChI=1S/C40H48F2N4O4/c1-4-40(41,42)26-46-22-17-39(2,18-23-46)38(49)44-33(37(47)48)24-27-10-8-12-31-29(27)11-9-13-32(31)35-34(50-3)15-14-30-28(16-19-43-36(30)35)25-45-20-6-5-7-21-45/h8-16,19,33H,4-7,17-18,20-26H2,1-3H3,(H,44,49)(H,47,48)/p-1. The number of rotatable bonds is 12. The van der Waals surface area contributed by atoms with Gasteiger partial charge in [-0.3, -0.25) is 19.8 Å². The maximum Gasteiger partial charge on any atom is 0.328 e. The summed E-state index contributed by atoms with van der Waals surface area (Å²) in [7, 11) is 1.65. The number of nitrogens with zero attached hydrogens (tertiary/aromatic N) is 4. The molecular weight excluding hydrogens is 638 g/mol. The molecule has 1 aromatic heterocycles. The van der Waals surface area contributed by atoms with E-state index >= 15 is 0 Å². The predicted octanol–water partition coefficient (Wildman–Crippen LogP) is 6.95. The Labute approximate surface area is 292 Å². The zero-order valence-corrected chi connectivity index (χ0v) is 29.3. The molecule has 0 radical (unpaired) electrons. The normalized spacial score (nSPS) is 18.4. The van der Waals surface area contributed by atoms with E-state index in [0.717, 1.165) is 58.0 Å². The van der Waals surface area contributed by atoms with Crippen LogP contribution in [0.2, 0.25) is 0 Å². The zero-order chi connectivity index (χ0) is 35.5. The van der Waals surface area contributed by atoms with Gasteiger partial charge in [0.1, 0.15) is 11.8 Å². The van der Waals surface area contributed by atoms with Crippen LogP contribution in [0.5, 0.6) is 5.75 Å². The van der Waals surface area contributed by atoms with E-state index < -0.39 is 29.2 Å². The minimum atomic E-state index is -2.78. The molecular formula is C40H47F2N4O4-. The van der Waals surface area contributed by atoms with Crippen molar-refractivity contribution in [2.75, 3.05) is 39.8 Å². The minimum Gasteiger partial charge on any atom is -0.862 e. The van der Waals surface area contributed by atoms with Crippen molar-refractivity contribution >= 4 is 33.5 Å². The quantitative estimate of drug-likeness (QED) is 0.127. The Kier molecular flexibility index (Phi) is 10.7. The van der Waals surface area contributed by atoms with Crippen LogP contribution in [-0.4, -0.2) is 83.6 Å². The average Bonchev–Trinajstić information content (AvgIpc) is 3.12. The number of aromatic nitrogens is 1. The Morgan fingerprint density at radius 1 is 0.980 bits per heavy atom. The van der Waals surface area contributed by atoms with Crippen molar-refractivity contribution in [3.63, 3.8) is 0 Å². The monoisotopic (exact) mass is 685 g/mol. The van der Waals surface area contributed by atoms with Crippen molar-refractivity contribution in [2.24, 2.45) is 10.4 Å². The molecule has 8 nitrogen and oxygen atoms in total. The third-order valence-electron chi connectivity index (χ3n) is 10.7. The Bertz CT molecular complexity index is 1870. The summed E-state index contributed by atoms with van der Waals surface area (Å²) < 4.78 is 33.9. The van der Waals surface area contributed by atoms with E-state index in [2.05, 4.69) is 22.0 Å². The van der Waals surface area contributed by atoms with E-state index in [1.165, 1.54) is 31.7 Å². The van der Waals surface area contributed by atoms with Crippen molar-refractivity contribution in [3.05, 3.63) is 71.9 Å². The van der Waals surface area contributed by atoms with Crippen molar-refractivity contribution in [1.82, 2.24) is 14.8 Å². The smallest absolute Gasteiger partial charge is 0.328 e. The van der Waals surface area contributed by atoms with E-state index in [9.17, 15) is 23.8 Å². The highest BCUT2D eigenvalue weighted by Gasteiger charge is 2.36. The molecule has 0 bridgehead atoms. The highest BCUT2D eigenvalue weighted by atomic mass is 19.3. The van der Waals surface area contributed by atoms with Crippen LogP contribution in [0.3, 0.4) is 0 Å². The molecule has 1 N–H and O–H groups in total. The number of benzene rings is 3. The summed E-state index contributed by atoms with van der Waals surface area (Å²) in [4.78, 5) is 25.8. The first-order valence-corrected chi connectivity index (χ1v) is 17.8. The van der Waals surface area contributed by atoms with Gasteiger partial charge in [0.05, 0.1) is 24.7 Å². The van der Waals surface area contributed by atoms with Crippen molar-refractivity contribution in [3.8, 4) is 16.9 Å². The molecule has 0 saturated carbocycles. The lowest BCUT2D eigenvalue weighted by Gasteiger charge is -2.43. The molecule has 1 unspecified atom stereocenters. The molecule has 50 heavy (non-hydrogen) atoms. The van der Waals surface area contributed by atoms with Crippen LogP contribution in [0.4, 0.5) is 8.78 Å². The van der Waals surface area contributed by atoms with Gasteiger partial charge in [0, 0.05) is 31.0 Å². The van der Waals surface area contributed by atoms with Crippen LogP contribution >= 0.6 is 0 Å². The first-order chi connectivity index (χ1) is 24.0. The van der Waals surface area contributed by atoms with Gasteiger partial charge in [-0.2, -0.15) is 0 Å². The van der Waals surface area contributed by atoms with Gasteiger partial charge in [-0.05, 0) is 109 Å². The number of fused-ring (bicyclic) bond motifs is 2. The molecule has 1 atom stereocenters. The molecule has 4 aromatic rings. The lowest BCUT2D eigenvalue weighted by Crippen LogP contribution is -2.50. The fourth-order valence-corrected chi connectivity index (χ4v) is 7.51. The average molecular weight is 686 g/mol. The van der Waals surface area contributed by atoms with Crippen LogP contribution in [0.1, 0.15) is 63.5 Å². The number of piperidine rings is 2. The largest absolute Gasteiger partial charge is 0.862 e. The van der Waals surface area contributed by atoms with Crippen molar-refractivity contribution in [2.45, 2.75) is 77.3 Å². The zero-order valence-electron chi connectivity index (χ0n) is 29.3. The van der Waals surface area contributed by atoms with Gasteiger partial charge in [0.15, 0.2) is 0 Å². The second-order valence-corrected chi connectivity index (χ2v) is 14.2. The highest BCUT2D eigenvalue weighted by Crippen LogP contribution is 2.41. The Balaban J connectivity index is 1.31. The Morgan fingerprint density at radius 3 is 2.40 bits per heavy atom. The molecule has 6 rings (SSSR count). The van der Waals surface area contributed by atoms with Crippen molar-refractivity contribution in [1.29, 1.82) is 0 Å². The number of carboxylic acids is 1. The van der Waals surface area contributed by atoms with Gasteiger partial charge in [0.25, 0.3) is 5.92 Å². The number of carbonyl (C=O) groups is 1. The number of methoxy groups -OCH3 is 1. The number of aliphatic imine (C=N–C) groups is 1. The summed E-state index contributed by atoms with van der Waals surface area (Å²) in [5, 5.41) is 26.6. The van der Waals surface area contributed by atoms with Gasteiger partial charge in [0.2, 0.25) is 0 Å². The van der Waals surface area contributed by atoms with Crippen LogP contribution in [-0.2, 0) is 17.8 Å². The summed E-state index contributed by atoms with van der Waals surface area (Å²) in [6, 6.07) is 16.6. The number of hydrogen-bond donors (Lipinski definition) is 1. The lowest BCUT2D eigenvalue weighted by molar-refractivity contribution is -0.233. The van der Waals surface area contributed by atoms with Gasteiger partial charge in [-0.1, -0.05) is 56.7 Å². The Hall–Kier alpha value is -4.15. The molecule has 2 aliphatic rings. The molecule has 0 aliphatic carbocycles. The number of aliphatic carboxylic acids is 1. The SMILES string of the molecule is CCC(F)(F)CN1CCC(C)(C([O-])=NC(Cc2cccc3c(-c4c(OC)ccc5c(CN6CCCCC6)ccnc45)cccc23)C(=O)O)CC1. The van der Waals surface area contributed by atoms with Crippen molar-refractivity contribution < 1.29 is 28.5 Å². The fourth-order valence-electron chi connectivity index (χ4n) is 7.51. The number of alkyl halides is 2. The fraction of sp³-hybridized carbons (Fsp3) is 0.475. The molecule has 2 fully saturated rings. The molecule has 0 amide bonds. The number of carboxylic acid groups (broad SMARTS) is 1. The molecule has 2 aliphatic heterocycles. The molecule has 0 spiro atoms. The Morgan fingerprint density at radius 2 is 1.70 bits per heavy atom. The second kappa shape index (κ2) is 15.0. The minimum absolute atomic E-state index is 0.0255. The van der Waals surface area contributed by atoms with Gasteiger partial charge in [-0.15, -0.1) is 0 Å².